The van der Waals surface area contributed by atoms with Crippen LogP contribution in [0, 0.1) is 6.92 Å². The zero-order valence-electron chi connectivity index (χ0n) is 9.82. The monoisotopic (exact) mass is 217 g/mol. The molecule has 0 amide bonds. The lowest BCUT2D eigenvalue weighted by Gasteiger charge is -2.21. The van der Waals surface area contributed by atoms with Crippen LogP contribution in [0.3, 0.4) is 0 Å². The molecular weight excluding hydrogens is 198 g/mol. The number of rotatable bonds is 2. The van der Waals surface area contributed by atoms with Gasteiger partial charge < -0.3 is 5.32 Å². The van der Waals surface area contributed by atoms with Crippen molar-refractivity contribution in [2.75, 3.05) is 18.4 Å². The van der Waals surface area contributed by atoms with Crippen LogP contribution in [-0.2, 0) is 0 Å². The van der Waals surface area contributed by atoms with Crippen molar-refractivity contribution in [3.05, 3.63) is 23.9 Å². The van der Waals surface area contributed by atoms with Crippen molar-refractivity contribution in [1.82, 2.24) is 9.88 Å². The van der Waals surface area contributed by atoms with E-state index in [2.05, 4.69) is 28.2 Å². The Hall–Kier alpha value is -1.09. The average Bonchev–Trinajstić information content (AvgIpc) is 2.83. The number of aryl methyl sites for hydroxylation is 1. The molecule has 3 nitrogen and oxygen atoms in total. The van der Waals surface area contributed by atoms with E-state index in [0.29, 0.717) is 6.04 Å². The van der Waals surface area contributed by atoms with Gasteiger partial charge in [0.1, 0.15) is 5.82 Å². The normalized spacial score (nSPS) is 29.3. The van der Waals surface area contributed by atoms with E-state index in [1.165, 1.54) is 37.9 Å². The highest BCUT2D eigenvalue weighted by molar-refractivity contribution is 5.39. The van der Waals surface area contributed by atoms with Gasteiger partial charge in [0.05, 0.1) is 0 Å². The fourth-order valence-corrected chi connectivity index (χ4v) is 3.06. The molecule has 0 aliphatic carbocycles. The standard InChI is InChI=1S/C13H19N3/c1-10-4-6-14-13(9-10)15-11-5-8-16-7-2-3-12(11)16/h4,6,9,11-12H,2-3,5,7-8H2,1H3,(H,14,15). The third-order valence-corrected chi connectivity index (χ3v) is 3.85. The molecule has 0 saturated carbocycles. The summed E-state index contributed by atoms with van der Waals surface area (Å²) in [6.07, 6.45) is 5.87. The van der Waals surface area contributed by atoms with Crippen LogP contribution in [0.4, 0.5) is 5.82 Å². The quantitative estimate of drug-likeness (QED) is 0.821. The number of fused-ring (bicyclic) bond motifs is 1. The van der Waals surface area contributed by atoms with Gasteiger partial charge in [0.25, 0.3) is 0 Å². The van der Waals surface area contributed by atoms with E-state index in [0.717, 1.165) is 11.9 Å². The molecule has 1 aromatic heterocycles. The molecule has 0 radical (unpaired) electrons. The van der Waals surface area contributed by atoms with Crippen LogP contribution in [0.5, 0.6) is 0 Å². The first-order valence-electron chi connectivity index (χ1n) is 6.26. The molecule has 2 aliphatic heterocycles. The summed E-state index contributed by atoms with van der Waals surface area (Å²) in [5, 5.41) is 3.60. The largest absolute Gasteiger partial charge is 0.366 e. The van der Waals surface area contributed by atoms with Crippen LogP contribution in [-0.4, -0.2) is 35.1 Å². The maximum Gasteiger partial charge on any atom is 0.126 e. The molecule has 2 saturated heterocycles. The molecule has 0 aromatic carbocycles. The van der Waals surface area contributed by atoms with E-state index in [-0.39, 0.29) is 0 Å². The lowest BCUT2D eigenvalue weighted by atomic mass is 10.1. The van der Waals surface area contributed by atoms with Gasteiger partial charge in [0.15, 0.2) is 0 Å². The number of anilines is 1. The number of pyridine rings is 1. The fraction of sp³-hybridized carbons (Fsp3) is 0.615. The maximum atomic E-state index is 4.39. The molecule has 1 N–H and O–H groups in total. The lowest BCUT2D eigenvalue weighted by Crippen LogP contribution is -2.33. The molecule has 3 heteroatoms. The molecule has 3 rings (SSSR count). The molecule has 0 spiro atoms. The molecule has 3 heterocycles. The third-order valence-electron chi connectivity index (χ3n) is 3.85. The average molecular weight is 217 g/mol. The summed E-state index contributed by atoms with van der Waals surface area (Å²) in [5.74, 6) is 1.04. The molecular formula is C13H19N3. The summed E-state index contributed by atoms with van der Waals surface area (Å²) < 4.78 is 0. The lowest BCUT2D eigenvalue weighted by molar-refractivity contribution is 0.318. The van der Waals surface area contributed by atoms with Gasteiger partial charge in [-0.3, -0.25) is 4.90 Å². The van der Waals surface area contributed by atoms with Crippen LogP contribution in [0.2, 0.25) is 0 Å². The van der Waals surface area contributed by atoms with E-state index in [1.807, 2.05) is 12.3 Å². The zero-order chi connectivity index (χ0) is 11.0. The smallest absolute Gasteiger partial charge is 0.126 e. The molecule has 1 aromatic rings. The van der Waals surface area contributed by atoms with Crippen LogP contribution in [0.1, 0.15) is 24.8 Å². The number of aromatic nitrogens is 1. The number of nitrogens with zero attached hydrogens (tertiary/aromatic N) is 2. The van der Waals surface area contributed by atoms with Crippen LogP contribution >= 0.6 is 0 Å². The van der Waals surface area contributed by atoms with E-state index < -0.39 is 0 Å². The molecule has 2 aliphatic rings. The van der Waals surface area contributed by atoms with Gasteiger partial charge in [0, 0.05) is 24.8 Å². The SMILES string of the molecule is Cc1ccnc(NC2CCN3CCCC23)c1. The minimum absolute atomic E-state index is 0.608. The summed E-state index contributed by atoms with van der Waals surface area (Å²) in [4.78, 5) is 7.01. The van der Waals surface area contributed by atoms with Gasteiger partial charge in [0.2, 0.25) is 0 Å². The van der Waals surface area contributed by atoms with Crippen molar-refractivity contribution >= 4 is 5.82 Å². The van der Waals surface area contributed by atoms with Crippen LogP contribution < -0.4 is 5.32 Å². The van der Waals surface area contributed by atoms with Gasteiger partial charge >= 0.3 is 0 Å². The van der Waals surface area contributed by atoms with E-state index >= 15 is 0 Å². The molecule has 2 unspecified atom stereocenters. The van der Waals surface area contributed by atoms with Crippen molar-refractivity contribution in [2.24, 2.45) is 0 Å². The van der Waals surface area contributed by atoms with Crippen LogP contribution in [0.25, 0.3) is 0 Å². The zero-order valence-corrected chi connectivity index (χ0v) is 9.82. The van der Waals surface area contributed by atoms with E-state index in [9.17, 15) is 0 Å². The Morgan fingerprint density at radius 3 is 3.19 bits per heavy atom. The van der Waals surface area contributed by atoms with Crippen LogP contribution in [0.15, 0.2) is 18.3 Å². The minimum atomic E-state index is 0.608. The van der Waals surface area contributed by atoms with Crippen molar-refractivity contribution in [1.29, 1.82) is 0 Å². The van der Waals surface area contributed by atoms with Crippen molar-refractivity contribution < 1.29 is 0 Å². The number of hydrogen-bond donors (Lipinski definition) is 1. The summed E-state index contributed by atoms with van der Waals surface area (Å²) in [6, 6.07) is 5.54. The Morgan fingerprint density at radius 1 is 1.38 bits per heavy atom. The van der Waals surface area contributed by atoms with Gasteiger partial charge in [-0.15, -0.1) is 0 Å². The first kappa shape index (κ1) is 10.1. The van der Waals surface area contributed by atoms with Gasteiger partial charge in [-0.2, -0.15) is 0 Å². The number of nitrogens with one attached hydrogen (secondary N) is 1. The number of hydrogen-bond acceptors (Lipinski definition) is 3. The Balaban J connectivity index is 1.71. The topological polar surface area (TPSA) is 28.2 Å². The second kappa shape index (κ2) is 4.06. The second-order valence-corrected chi connectivity index (χ2v) is 5.00. The van der Waals surface area contributed by atoms with Gasteiger partial charge in [-0.25, -0.2) is 4.98 Å². The molecule has 0 bridgehead atoms. The van der Waals surface area contributed by atoms with Gasteiger partial charge in [-0.1, -0.05) is 0 Å². The Kier molecular flexibility index (Phi) is 2.56. The predicted octanol–water partition coefficient (Wildman–Crippen LogP) is 2.04. The molecule has 2 atom stereocenters. The summed E-state index contributed by atoms with van der Waals surface area (Å²) in [6.45, 7) is 4.67. The highest BCUT2D eigenvalue weighted by Crippen LogP contribution is 2.29. The molecule has 86 valence electrons. The Bertz CT molecular complexity index is 377. The second-order valence-electron chi connectivity index (χ2n) is 5.00. The first-order valence-corrected chi connectivity index (χ1v) is 6.26. The maximum absolute atomic E-state index is 4.39. The highest BCUT2D eigenvalue weighted by Gasteiger charge is 2.37. The minimum Gasteiger partial charge on any atom is -0.366 e. The summed E-state index contributed by atoms with van der Waals surface area (Å²) in [7, 11) is 0. The highest BCUT2D eigenvalue weighted by atomic mass is 15.2. The summed E-state index contributed by atoms with van der Waals surface area (Å²) in [5.41, 5.74) is 1.28. The van der Waals surface area contributed by atoms with Crippen molar-refractivity contribution in [2.45, 2.75) is 38.3 Å². The third kappa shape index (κ3) is 1.80. The predicted molar refractivity (Wildman–Crippen MR) is 65.6 cm³/mol. The first-order chi connectivity index (χ1) is 7.83. The fourth-order valence-electron chi connectivity index (χ4n) is 3.06. The van der Waals surface area contributed by atoms with Gasteiger partial charge in [-0.05, 0) is 50.4 Å². The summed E-state index contributed by atoms with van der Waals surface area (Å²) >= 11 is 0. The Morgan fingerprint density at radius 2 is 2.31 bits per heavy atom. The van der Waals surface area contributed by atoms with E-state index in [1.54, 1.807) is 0 Å². The van der Waals surface area contributed by atoms with E-state index in [4.69, 9.17) is 0 Å². The van der Waals surface area contributed by atoms with Crippen molar-refractivity contribution in [3.63, 3.8) is 0 Å². The Labute approximate surface area is 96.9 Å². The molecule has 16 heavy (non-hydrogen) atoms. The molecule has 2 fully saturated rings. The van der Waals surface area contributed by atoms with Crippen molar-refractivity contribution in [3.8, 4) is 0 Å².